The topological polar surface area (TPSA) is 82.6 Å². The first-order chi connectivity index (χ1) is 11.8. The van der Waals surface area contributed by atoms with Crippen LogP contribution in [0.1, 0.15) is 45.2 Å². The summed E-state index contributed by atoms with van der Waals surface area (Å²) in [6.07, 6.45) is 5.41. The molecule has 1 unspecified atom stereocenters. The van der Waals surface area contributed by atoms with Crippen LogP contribution in [-0.4, -0.2) is 56.1 Å². The predicted molar refractivity (Wildman–Crippen MR) is 101 cm³/mol. The van der Waals surface area contributed by atoms with Gasteiger partial charge in [0.2, 0.25) is 15.9 Å². The van der Waals surface area contributed by atoms with Crippen molar-refractivity contribution in [1.29, 1.82) is 0 Å². The largest absolute Gasteiger partial charge is 0.294 e. The third kappa shape index (κ3) is 6.32. The maximum atomic E-state index is 11.7. The number of carbonyl (C=O) groups is 1. The zero-order valence-corrected chi connectivity index (χ0v) is 16.8. The lowest BCUT2D eigenvalue weighted by atomic mass is 9.99. The lowest BCUT2D eigenvalue weighted by molar-refractivity contribution is -0.116. The number of thiazole rings is 1. The van der Waals surface area contributed by atoms with Gasteiger partial charge < -0.3 is 0 Å². The lowest BCUT2D eigenvalue weighted by Gasteiger charge is -2.35. The average molecular weight is 389 g/mol. The van der Waals surface area contributed by atoms with Crippen LogP contribution in [0.25, 0.3) is 0 Å². The maximum absolute atomic E-state index is 11.7. The van der Waals surface area contributed by atoms with Crippen LogP contribution >= 0.6 is 11.3 Å². The van der Waals surface area contributed by atoms with Gasteiger partial charge in [0.05, 0.1) is 11.9 Å². The van der Waals surface area contributed by atoms with Gasteiger partial charge in [-0.15, -0.1) is 11.3 Å². The van der Waals surface area contributed by atoms with Crippen molar-refractivity contribution in [1.82, 2.24) is 14.6 Å². The third-order valence-corrected chi connectivity index (χ3v) is 6.06. The molecule has 0 spiro atoms. The van der Waals surface area contributed by atoms with Gasteiger partial charge in [-0.25, -0.2) is 18.1 Å². The van der Waals surface area contributed by atoms with Gasteiger partial charge in [0, 0.05) is 38.0 Å². The van der Waals surface area contributed by atoms with E-state index in [1.807, 2.05) is 12.3 Å². The number of hydrogen-bond donors (Lipinski definition) is 1. The SMILES string of the molecule is CCN(C(C)=O)c1nc(CN2CCCCC2CCNS(C)(=O)=O)cs1. The summed E-state index contributed by atoms with van der Waals surface area (Å²) in [7, 11) is -3.14. The molecule has 2 heterocycles. The number of piperidine rings is 1. The van der Waals surface area contributed by atoms with Gasteiger partial charge in [0.15, 0.2) is 5.13 Å². The van der Waals surface area contributed by atoms with Crippen LogP contribution in [-0.2, 0) is 21.4 Å². The molecule has 142 valence electrons. The Morgan fingerprint density at radius 1 is 1.48 bits per heavy atom. The minimum atomic E-state index is -3.14. The number of sulfonamides is 1. The van der Waals surface area contributed by atoms with Gasteiger partial charge in [-0.2, -0.15) is 0 Å². The second-order valence-corrected chi connectivity index (χ2v) is 9.13. The Hall–Kier alpha value is -1.03. The van der Waals surface area contributed by atoms with Crippen molar-refractivity contribution in [3.8, 4) is 0 Å². The fourth-order valence-electron chi connectivity index (χ4n) is 3.20. The van der Waals surface area contributed by atoms with Crippen LogP contribution < -0.4 is 9.62 Å². The van der Waals surface area contributed by atoms with Gasteiger partial charge >= 0.3 is 0 Å². The highest BCUT2D eigenvalue weighted by Crippen LogP contribution is 2.25. The van der Waals surface area contributed by atoms with E-state index in [-0.39, 0.29) is 5.91 Å². The zero-order chi connectivity index (χ0) is 18.4. The summed E-state index contributed by atoms with van der Waals surface area (Å²) in [5.41, 5.74) is 0.975. The summed E-state index contributed by atoms with van der Waals surface area (Å²) in [6.45, 7) is 6.33. The van der Waals surface area contributed by atoms with Gasteiger partial charge in [0.25, 0.3) is 0 Å². The number of likely N-dealkylation sites (tertiary alicyclic amines) is 1. The smallest absolute Gasteiger partial charge is 0.225 e. The Balaban J connectivity index is 1.96. The van der Waals surface area contributed by atoms with Crippen molar-refractivity contribution in [2.45, 2.75) is 52.1 Å². The fourth-order valence-corrected chi connectivity index (χ4v) is 4.61. The molecule has 0 aliphatic carbocycles. The van der Waals surface area contributed by atoms with Crippen molar-refractivity contribution in [2.24, 2.45) is 0 Å². The highest BCUT2D eigenvalue weighted by Gasteiger charge is 2.24. The molecule has 1 amide bonds. The Morgan fingerprint density at radius 2 is 2.24 bits per heavy atom. The Kier molecular flexibility index (Phi) is 7.36. The molecule has 0 saturated carbocycles. The molecule has 0 bridgehead atoms. The maximum Gasteiger partial charge on any atom is 0.225 e. The molecule has 1 atom stereocenters. The molecule has 1 fully saturated rings. The van der Waals surface area contributed by atoms with Crippen LogP contribution in [0.15, 0.2) is 5.38 Å². The first-order valence-electron chi connectivity index (χ1n) is 8.71. The average Bonchev–Trinajstić information content (AvgIpc) is 2.96. The summed E-state index contributed by atoms with van der Waals surface area (Å²) in [5, 5.41) is 2.76. The van der Waals surface area contributed by atoms with Gasteiger partial charge in [-0.1, -0.05) is 6.42 Å². The third-order valence-electron chi connectivity index (χ3n) is 4.42. The second kappa shape index (κ2) is 9.07. The zero-order valence-electron chi connectivity index (χ0n) is 15.2. The summed E-state index contributed by atoms with van der Waals surface area (Å²) in [5.74, 6) is 0.00565. The Labute approximate surface area is 154 Å². The number of carbonyl (C=O) groups excluding carboxylic acids is 1. The summed E-state index contributed by atoms with van der Waals surface area (Å²) >= 11 is 1.50. The van der Waals surface area contributed by atoms with Gasteiger partial charge in [-0.3, -0.25) is 14.6 Å². The molecule has 7 nitrogen and oxygen atoms in total. The fraction of sp³-hybridized carbons (Fsp3) is 0.750. The van der Waals surface area contributed by atoms with Crippen molar-refractivity contribution in [3.05, 3.63) is 11.1 Å². The second-order valence-electron chi connectivity index (χ2n) is 6.46. The van der Waals surface area contributed by atoms with Crippen molar-refractivity contribution >= 4 is 32.4 Å². The first kappa shape index (κ1) is 20.3. The predicted octanol–water partition coefficient (Wildman–Crippen LogP) is 1.81. The number of rotatable bonds is 8. The van der Waals surface area contributed by atoms with E-state index in [0.717, 1.165) is 43.2 Å². The lowest BCUT2D eigenvalue weighted by Crippen LogP contribution is -2.41. The standard InChI is InChI=1S/C16H28N4O3S2/c1-4-20(13(2)21)16-18-14(12-24-16)11-19-10-6-5-7-15(19)8-9-17-25(3,22)23/h12,15,17H,4-11H2,1-3H3. The van der Waals surface area contributed by atoms with Gasteiger partial charge in [0.1, 0.15) is 0 Å². The van der Waals surface area contributed by atoms with Crippen LogP contribution in [0.5, 0.6) is 0 Å². The molecular weight excluding hydrogens is 360 g/mol. The number of nitrogens with one attached hydrogen (secondary N) is 1. The summed E-state index contributed by atoms with van der Waals surface area (Å²) in [4.78, 5) is 20.3. The molecule has 1 aliphatic heterocycles. The highest BCUT2D eigenvalue weighted by molar-refractivity contribution is 7.88. The van der Waals surface area contributed by atoms with E-state index in [1.54, 1.807) is 11.8 Å². The van der Waals surface area contributed by atoms with E-state index in [4.69, 9.17) is 0 Å². The summed E-state index contributed by atoms with van der Waals surface area (Å²) in [6, 6.07) is 0.364. The molecule has 2 rings (SSSR count). The minimum Gasteiger partial charge on any atom is -0.294 e. The minimum absolute atomic E-state index is 0.00565. The summed E-state index contributed by atoms with van der Waals surface area (Å²) < 4.78 is 25.0. The van der Waals surface area contributed by atoms with E-state index in [0.29, 0.717) is 19.1 Å². The molecular formula is C16H28N4O3S2. The molecule has 25 heavy (non-hydrogen) atoms. The molecule has 9 heteroatoms. The monoisotopic (exact) mass is 388 g/mol. The number of nitrogens with zero attached hydrogens (tertiary/aromatic N) is 3. The molecule has 1 N–H and O–H groups in total. The van der Waals surface area contributed by atoms with Crippen LogP contribution in [0.2, 0.25) is 0 Å². The van der Waals surface area contributed by atoms with E-state index >= 15 is 0 Å². The van der Waals surface area contributed by atoms with E-state index in [1.165, 1.54) is 24.0 Å². The number of aromatic nitrogens is 1. The Morgan fingerprint density at radius 3 is 2.88 bits per heavy atom. The van der Waals surface area contributed by atoms with Crippen molar-refractivity contribution in [2.75, 3.05) is 30.8 Å². The molecule has 1 saturated heterocycles. The molecule has 0 aromatic carbocycles. The van der Waals surface area contributed by atoms with Crippen molar-refractivity contribution < 1.29 is 13.2 Å². The number of amides is 1. The van der Waals surface area contributed by atoms with E-state index in [2.05, 4.69) is 14.6 Å². The molecule has 1 aromatic heterocycles. The molecule has 1 aromatic rings. The van der Waals surface area contributed by atoms with E-state index in [9.17, 15) is 13.2 Å². The first-order valence-corrected chi connectivity index (χ1v) is 11.5. The number of hydrogen-bond acceptors (Lipinski definition) is 6. The van der Waals surface area contributed by atoms with Gasteiger partial charge in [-0.05, 0) is 32.7 Å². The Bertz CT molecular complexity index is 675. The highest BCUT2D eigenvalue weighted by atomic mass is 32.2. The molecule has 0 radical (unpaired) electrons. The van der Waals surface area contributed by atoms with Crippen molar-refractivity contribution in [3.63, 3.8) is 0 Å². The normalized spacial score (nSPS) is 19.1. The van der Waals surface area contributed by atoms with Crippen LogP contribution in [0.4, 0.5) is 5.13 Å². The van der Waals surface area contributed by atoms with Crippen LogP contribution in [0, 0.1) is 0 Å². The van der Waals surface area contributed by atoms with E-state index < -0.39 is 10.0 Å². The quantitative estimate of drug-likeness (QED) is 0.734. The molecule has 1 aliphatic rings. The van der Waals surface area contributed by atoms with Crippen LogP contribution in [0.3, 0.4) is 0 Å². The number of anilines is 1.